The predicted molar refractivity (Wildman–Crippen MR) is 103 cm³/mol. The number of likely N-dealkylation sites (tertiary alicyclic amines) is 1. The monoisotopic (exact) mass is 365 g/mol. The maximum Gasteiger partial charge on any atom is 0.169 e. The first-order valence-electron chi connectivity index (χ1n) is 10.3. The highest BCUT2D eigenvalue weighted by molar-refractivity contribution is 5.67. The van der Waals surface area contributed by atoms with Crippen molar-refractivity contribution in [2.24, 2.45) is 5.92 Å². The molecule has 4 heteroatoms. The van der Waals surface area contributed by atoms with Crippen molar-refractivity contribution < 1.29 is 14.2 Å². The van der Waals surface area contributed by atoms with E-state index in [1.165, 1.54) is 36.9 Å². The van der Waals surface area contributed by atoms with Gasteiger partial charge < -0.3 is 14.2 Å². The summed E-state index contributed by atoms with van der Waals surface area (Å²) in [6.07, 6.45) is 10.8. The van der Waals surface area contributed by atoms with Crippen molar-refractivity contribution in [1.82, 2.24) is 4.90 Å². The van der Waals surface area contributed by atoms with Gasteiger partial charge in [0.1, 0.15) is 5.76 Å². The first-order valence-corrected chi connectivity index (χ1v) is 10.3. The van der Waals surface area contributed by atoms with E-state index >= 15 is 0 Å². The molecule has 5 aliphatic rings. The van der Waals surface area contributed by atoms with Gasteiger partial charge in [0.2, 0.25) is 0 Å². The summed E-state index contributed by atoms with van der Waals surface area (Å²) < 4.78 is 18.0. The standard InChI is InChI=1S/C23H27NO3/c1-25-18-8-6-15-12-17-16-7-9-19(26-2)22-23(16,20(15)21(18)27-22)10-11-24(17)13-14-4-3-5-14/h6-9,14,17,22H,3-5,10-13H2,1-2H3/t17?,22-,23?/m1/s1. The molecular weight excluding hydrogens is 338 g/mol. The van der Waals surface area contributed by atoms with Crippen LogP contribution in [0.5, 0.6) is 11.5 Å². The first-order chi connectivity index (χ1) is 13.3. The van der Waals surface area contributed by atoms with Crippen molar-refractivity contribution in [3.63, 3.8) is 0 Å². The van der Waals surface area contributed by atoms with Crippen LogP contribution in [0.25, 0.3) is 0 Å². The Hall–Kier alpha value is -1.94. The molecule has 2 unspecified atom stereocenters. The number of nitrogens with zero attached hydrogens (tertiary/aromatic N) is 1. The number of hydrogen-bond acceptors (Lipinski definition) is 4. The number of rotatable bonds is 4. The quantitative estimate of drug-likeness (QED) is 0.816. The van der Waals surface area contributed by atoms with Crippen LogP contribution in [0, 0.1) is 5.92 Å². The fraction of sp³-hybridized carbons (Fsp3) is 0.565. The molecule has 2 aliphatic heterocycles. The second-order valence-electron chi connectivity index (χ2n) is 8.76. The summed E-state index contributed by atoms with van der Waals surface area (Å²) in [5.41, 5.74) is 4.28. The maximum atomic E-state index is 6.58. The molecule has 1 aromatic carbocycles. The van der Waals surface area contributed by atoms with Crippen LogP contribution < -0.4 is 9.47 Å². The molecule has 0 radical (unpaired) electrons. The lowest BCUT2D eigenvalue weighted by atomic mass is 9.57. The van der Waals surface area contributed by atoms with Gasteiger partial charge in [0.15, 0.2) is 17.6 Å². The van der Waals surface area contributed by atoms with Crippen LogP contribution >= 0.6 is 0 Å². The largest absolute Gasteiger partial charge is 0.497 e. The van der Waals surface area contributed by atoms with Gasteiger partial charge in [-0.05, 0) is 54.9 Å². The van der Waals surface area contributed by atoms with Crippen LogP contribution in [-0.2, 0) is 16.6 Å². The second kappa shape index (κ2) is 5.54. The lowest BCUT2D eigenvalue weighted by Gasteiger charge is -2.54. The van der Waals surface area contributed by atoms with Crippen LogP contribution in [0.4, 0.5) is 0 Å². The number of ether oxygens (including phenoxy) is 3. The van der Waals surface area contributed by atoms with Gasteiger partial charge in [0.25, 0.3) is 0 Å². The van der Waals surface area contributed by atoms with Crippen molar-refractivity contribution in [3.05, 3.63) is 46.7 Å². The van der Waals surface area contributed by atoms with Crippen molar-refractivity contribution in [2.45, 2.75) is 49.7 Å². The van der Waals surface area contributed by atoms with E-state index < -0.39 is 0 Å². The fourth-order valence-corrected chi connectivity index (χ4v) is 6.22. The smallest absolute Gasteiger partial charge is 0.169 e. The highest BCUT2D eigenvalue weighted by Crippen LogP contribution is 2.62. The Labute approximate surface area is 160 Å². The molecular formula is C23H27NO3. The van der Waals surface area contributed by atoms with E-state index in [9.17, 15) is 0 Å². The topological polar surface area (TPSA) is 30.9 Å². The molecule has 4 nitrogen and oxygen atoms in total. The molecule has 1 saturated heterocycles. The third-order valence-electron chi connectivity index (χ3n) is 7.72. The third-order valence-corrected chi connectivity index (χ3v) is 7.72. The van der Waals surface area contributed by atoms with Crippen LogP contribution in [-0.4, -0.2) is 44.4 Å². The van der Waals surface area contributed by atoms with E-state index in [4.69, 9.17) is 14.2 Å². The molecule has 2 heterocycles. The van der Waals surface area contributed by atoms with Crippen molar-refractivity contribution in [2.75, 3.05) is 27.3 Å². The molecule has 1 saturated carbocycles. The van der Waals surface area contributed by atoms with Gasteiger partial charge in [-0.15, -0.1) is 0 Å². The fourth-order valence-electron chi connectivity index (χ4n) is 6.22. The molecule has 2 bridgehead atoms. The number of methoxy groups -OCH3 is 2. The summed E-state index contributed by atoms with van der Waals surface area (Å²) in [7, 11) is 3.50. The maximum absolute atomic E-state index is 6.58. The highest BCUT2D eigenvalue weighted by atomic mass is 16.6. The lowest BCUT2D eigenvalue weighted by molar-refractivity contribution is 0.0506. The minimum Gasteiger partial charge on any atom is -0.497 e. The molecule has 0 aromatic heterocycles. The van der Waals surface area contributed by atoms with E-state index in [2.05, 4.69) is 29.2 Å². The summed E-state index contributed by atoms with van der Waals surface area (Å²) in [5.74, 6) is 3.64. The Bertz CT molecular complexity index is 869. The zero-order valence-corrected chi connectivity index (χ0v) is 16.2. The normalized spacial score (nSPS) is 33.4. The van der Waals surface area contributed by atoms with Gasteiger partial charge in [0, 0.05) is 24.7 Å². The molecule has 142 valence electrons. The van der Waals surface area contributed by atoms with Crippen LogP contribution in [0.3, 0.4) is 0 Å². The Morgan fingerprint density at radius 2 is 2.07 bits per heavy atom. The number of hydrogen-bond donors (Lipinski definition) is 0. The van der Waals surface area contributed by atoms with Crippen molar-refractivity contribution in [1.29, 1.82) is 0 Å². The molecule has 0 amide bonds. The van der Waals surface area contributed by atoms with E-state index in [0.29, 0.717) is 6.04 Å². The lowest BCUT2D eigenvalue weighted by Crippen LogP contribution is -2.60. The molecule has 3 aliphatic carbocycles. The Kier molecular flexibility index (Phi) is 3.29. The Balaban J connectivity index is 1.52. The summed E-state index contributed by atoms with van der Waals surface area (Å²) in [6.45, 7) is 2.40. The Morgan fingerprint density at radius 1 is 1.19 bits per heavy atom. The Morgan fingerprint density at radius 3 is 2.81 bits per heavy atom. The van der Waals surface area contributed by atoms with E-state index in [1.807, 2.05) is 0 Å². The average Bonchev–Trinajstić information content (AvgIpc) is 3.00. The van der Waals surface area contributed by atoms with Crippen molar-refractivity contribution >= 4 is 0 Å². The molecule has 0 N–H and O–H groups in total. The van der Waals surface area contributed by atoms with Gasteiger partial charge in [-0.1, -0.05) is 18.6 Å². The number of allylic oxidation sites excluding steroid dienone is 2. The molecule has 1 aromatic rings. The third kappa shape index (κ3) is 1.92. The zero-order chi connectivity index (χ0) is 18.2. The van der Waals surface area contributed by atoms with Crippen molar-refractivity contribution in [3.8, 4) is 11.5 Å². The van der Waals surface area contributed by atoms with E-state index in [0.717, 1.165) is 42.6 Å². The molecule has 27 heavy (non-hydrogen) atoms. The highest BCUT2D eigenvalue weighted by Gasteiger charge is 2.62. The summed E-state index contributed by atoms with van der Waals surface area (Å²) in [6, 6.07) is 4.85. The summed E-state index contributed by atoms with van der Waals surface area (Å²) >= 11 is 0. The first kappa shape index (κ1) is 16.1. The van der Waals surface area contributed by atoms with Crippen LogP contribution in [0.1, 0.15) is 36.8 Å². The average molecular weight is 365 g/mol. The summed E-state index contributed by atoms with van der Waals surface area (Å²) in [4.78, 5) is 2.76. The van der Waals surface area contributed by atoms with E-state index in [-0.39, 0.29) is 11.5 Å². The second-order valence-corrected chi connectivity index (χ2v) is 8.76. The minimum absolute atomic E-state index is 0.0544. The zero-order valence-electron chi connectivity index (χ0n) is 16.2. The van der Waals surface area contributed by atoms with Gasteiger partial charge in [-0.3, -0.25) is 4.90 Å². The van der Waals surface area contributed by atoms with E-state index in [1.54, 1.807) is 19.8 Å². The molecule has 3 atom stereocenters. The summed E-state index contributed by atoms with van der Waals surface area (Å²) in [5, 5.41) is 0. The van der Waals surface area contributed by atoms with Gasteiger partial charge in [0.05, 0.1) is 19.6 Å². The van der Waals surface area contributed by atoms with Gasteiger partial charge >= 0.3 is 0 Å². The molecule has 6 rings (SSSR count). The SMILES string of the molecule is COC1=CC=C2C3Cc4ccc(OC)c5c4C2(CCN3CC2CCC2)[C@@H]1O5. The van der Waals surface area contributed by atoms with Crippen LogP contribution in [0.2, 0.25) is 0 Å². The number of piperidine rings is 1. The number of benzene rings is 1. The van der Waals surface area contributed by atoms with Gasteiger partial charge in [-0.2, -0.15) is 0 Å². The minimum atomic E-state index is -0.0711. The molecule has 1 spiro atoms. The predicted octanol–water partition coefficient (Wildman–Crippen LogP) is 3.59. The van der Waals surface area contributed by atoms with Gasteiger partial charge in [-0.25, -0.2) is 0 Å². The molecule has 2 fully saturated rings. The van der Waals surface area contributed by atoms with Crippen LogP contribution in [0.15, 0.2) is 35.6 Å².